The molecule has 0 spiro atoms. The number of likely N-dealkylation sites (tertiary alicyclic amines) is 1. The highest BCUT2D eigenvalue weighted by molar-refractivity contribution is 9.10. The lowest BCUT2D eigenvalue weighted by atomic mass is 10.1. The largest absolute Gasteiger partial charge is 0.388 e. The van der Waals surface area contributed by atoms with Gasteiger partial charge in [0.25, 0.3) is 5.91 Å². The summed E-state index contributed by atoms with van der Waals surface area (Å²) in [5.41, 5.74) is 5.25. The van der Waals surface area contributed by atoms with Gasteiger partial charge in [-0.15, -0.1) is 0 Å². The quantitative estimate of drug-likeness (QED) is 0.811. The molecule has 0 aromatic carbocycles. The molecular formula is C11H14BrN3O2. The number of β-amino-alcohol motifs (C(OH)–C–C–N with tert-alkyl or cyclic N) is 1. The zero-order chi connectivity index (χ0) is 12.6. The van der Waals surface area contributed by atoms with E-state index in [0.717, 1.165) is 0 Å². The van der Waals surface area contributed by atoms with E-state index < -0.39 is 5.60 Å². The highest BCUT2D eigenvalue weighted by Gasteiger charge is 2.34. The van der Waals surface area contributed by atoms with Crippen molar-refractivity contribution in [2.45, 2.75) is 18.9 Å². The number of hydrogen-bond donors (Lipinski definition) is 2. The van der Waals surface area contributed by atoms with Crippen LogP contribution in [0.5, 0.6) is 0 Å². The Morgan fingerprint density at radius 2 is 2.41 bits per heavy atom. The molecule has 2 rings (SSSR count). The van der Waals surface area contributed by atoms with Gasteiger partial charge in [0.1, 0.15) is 5.82 Å². The molecule has 1 aromatic heterocycles. The molecule has 92 valence electrons. The van der Waals surface area contributed by atoms with E-state index in [-0.39, 0.29) is 11.7 Å². The molecule has 1 saturated heterocycles. The van der Waals surface area contributed by atoms with Crippen LogP contribution in [0.3, 0.4) is 0 Å². The maximum atomic E-state index is 12.2. The molecule has 5 nitrogen and oxygen atoms in total. The molecular weight excluding hydrogens is 286 g/mol. The Bertz CT molecular complexity index is 462. The summed E-state index contributed by atoms with van der Waals surface area (Å²) in [5.74, 6) is 0.0267. The van der Waals surface area contributed by atoms with Crippen LogP contribution >= 0.6 is 15.9 Å². The summed E-state index contributed by atoms with van der Waals surface area (Å²) in [5, 5.41) is 9.83. The minimum atomic E-state index is -0.802. The lowest BCUT2D eigenvalue weighted by Gasteiger charge is -2.19. The number of nitrogen functional groups attached to an aromatic ring is 1. The van der Waals surface area contributed by atoms with Crippen LogP contribution in [0, 0.1) is 0 Å². The second kappa shape index (κ2) is 4.27. The van der Waals surface area contributed by atoms with Crippen molar-refractivity contribution in [1.29, 1.82) is 0 Å². The Labute approximate surface area is 108 Å². The van der Waals surface area contributed by atoms with Crippen molar-refractivity contribution in [3.63, 3.8) is 0 Å². The molecule has 3 N–H and O–H groups in total. The highest BCUT2D eigenvalue weighted by atomic mass is 79.9. The monoisotopic (exact) mass is 299 g/mol. The van der Waals surface area contributed by atoms with E-state index in [1.165, 1.54) is 0 Å². The number of rotatable bonds is 1. The average Bonchev–Trinajstić information content (AvgIpc) is 2.61. The van der Waals surface area contributed by atoms with Crippen molar-refractivity contribution in [2.75, 3.05) is 18.8 Å². The Balaban J connectivity index is 2.23. The van der Waals surface area contributed by atoms with Crippen LogP contribution < -0.4 is 5.73 Å². The van der Waals surface area contributed by atoms with Crippen LogP contribution in [0.25, 0.3) is 0 Å². The van der Waals surface area contributed by atoms with Crippen LogP contribution in [0.15, 0.2) is 16.7 Å². The molecule has 2 heterocycles. The first-order chi connectivity index (χ1) is 7.89. The van der Waals surface area contributed by atoms with Gasteiger partial charge >= 0.3 is 0 Å². The zero-order valence-corrected chi connectivity index (χ0v) is 11.1. The first-order valence-corrected chi connectivity index (χ1v) is 6.11. The number of pyridine rings is 1. The Morgan fingerprint density at radius 3 is 3.00 bits per heavy atom. The van der Waals surface area contributed by atoms with Crippen molar-refractivity contribution in [2.24, 2.45) is 0 Å². The van der Waals surface area contributed by atoms with E-state index in [2.05, 4.69) is 20.9 Å². The number of halogens is 1. The molecule has 1 aliphatic heterocycles. The number of aromatic nitrogens is 1. The van der Waals surface area contributed by atoms with Crippen molar-refractivity contribution >= 4 is 27.7 Å². The number of amides is 1. The highest BCUT2D eigenvalue weighted by Crippen LogP contribution is 2.24. The molecule has 1 aromatic rings. The van der Waals surface area contributed by atoms with Gasteiger partial charge in [0.15, 0.2) is 0 Å². The summed E-state index contributed by atoms with van der Waals surface area (Å²) >= 11 is 3.26. The number of anilines is 1. The summed E-state index contributed by atoms with van der Waals surface area (Å²) in [6.07, 6.45) is 2.13. The van der Waals surface area contributed by atoms with Gasteiger partial charge in [0.05, 0.1) is 11.2 Å². The van der Waals surface area contributed by atoms with Gasteiger partial charge in [-0.2, -0.15) is 0 Å². The number of nitrogens with zero attached hydrogens (tertiary/aromatic N) is 2. The molecule has 0 bridgehead atoms. The molecule has 6 heteroatoms. The fourth-order valence-electron chi connectivity index (χ4n) is 1.91. The van der Waals surface area contributed by atoms with Crippen LogP contribution in [-0.4, -0.2) is 39.6 Å². The number of nitrogens with two attached hydrogens (primary N) is 1. The van der Waals surface area contributed by atoms with Gasteiger partial charge in [-0.25, -0.2) is 4.98 Å². The Morgan fingerprint density at radius 1 is 1.71 bits per heavy atom. The molecule has 1 atom stereocenters. The second-order valence-electron chi connectivity index (χ2n) is 4.56. The van der Waals surface area contributed by atoms with Crippen LogP contribution in [-0.2, 0) is 0 Å². The number of carbonyl (C=O) groups excluding carboxylic acids is 1. The number of carbonyl (C=O) groups is 1. The van der Waals surface area contributed by atoms with Crippen LogP contribution in [0.1, 0.15) is 23.7 Å². The van der Waals surface area contributed by atoms with Gasteiger partial charge in [0, 0.05) is 23.8 Å². The third-order valence-corrected chi connectivity index (χ3v) is 3.29. The third-order valence-electron chi connectivity index (χ3n) is 2.85. The fraction of sp³-hybridized carbons (Fsp3) is 0.455. The van der Waals surface area contributed by atoms with Gasteiger partial charge in [-0.05, 0) is 35.3 Å². The Hall–Kier alpha value is -1.14. The molecule has 1 unspecified atom stereocenters. The number of aliphatic hydroxyl groups is 1. The third kappa shape index (κ3) is 2.58. The van der Waals surface area contributed by atoms with Crippen molar-refractivity contribution < 1.29 is 9.90 Å². The standard InChI is InChI=1S/C11H14BrN3O2/c1-11(17)2-3-15(6-11)10(16)8-4-7(12)5-14-9(8)13/h4-5,17H,2-3,6H2,1H3,(H2,13,14). The SMILES string of the molecule is CC1(O)CCN(C(=O)c2cc(Br)cnc2N)C1. The predicted molar refractivity (Wildman–Crippen MR) is 67.5 cm³/mol. The molecule has 0 saturated carbocycles. The zero-order valence-electron chi connectivity index (χ0n) is 9.48. The van der Waals surface area contributed by atoms with Gasteiger partial charge in [-0.3, -0.25) is 4.79 Å². The molecule has 1 aliphatic rings. The van der Waals surface area contributed by atoms with E-state index in [1.54, 1.807) is 24.1 Å². The van der Waals surface area contributed by atoms with Crippen LogP contribution in [0.2, 0.25) is 0 Å². The first kappa shape index (κ1) is 12.3. The first-order valence-electron chi connectivity index (χ1n) is 5.32. The predicted octanol–water partition coefficient (Wildman–Crippen LogP) is 1.02. The smallest absolute Gasteiger partial charge is 0.257 e. The van der Waals surface area contributed by atoms with Crippen LogP contribution in [0.4, 0.5) is 5.82 Å². The van der Waals surface area contributed by atoms with E-state index in [4.69, 9.17) is 5.73 Å². The average molecular weight is 300 g/mol. The fourth-order valence-corrected chi connectivity index (χ4v) is 2.24. The molecule has 1 fully saturated rings. The normalized spacial score (nSPS) is 24.1. The van der Waals surface area contributed by atoms with Crippen molar-refractivity contribution in [1.82, 2.24) is 9.88 Å². The summed E-state index contributed by atoms with van der Waals surface area (Å²) in [6, 6.07) is 1.65. The summed E-state index contributed by atoms with van der Waals surface area (Å²) in [7, 11) is 0. The van der Waals surface area contributed by atoms with Crippen molar-refractivity contribution in [3.05, 3.63) is 22.3 Å². The summed E-state index contributed by atoms with van der Waals surface area (Å²) in [6.45, 7) is 2.60. The minimum absolute atomic E-state index is 0.186. The molecule has 0 radical (unpaired) electrons. The summed E-state index contributed by atoms with van der Waals surface area (Å²) in [4.78, 5) is 17.7. The van der Waals surface area contributed by atoms with E-state index in [0.29, 0.717) is 29.5 Å². The second-order valence-corrected chi connectivity index (χ2v) is 5.48. The summed E-state index contributed by atoms with van der Waals surface area (Å²) < 4.78 is 0.709. The lowest BCUT2D eigenvalue weighted by Crippen LogP contribution is -2.34. The number of hydrogen-bond acceptors (Lipinski definition) is 4. The topological polar surface area (TPSA) is 79.5 Å². The maximum absolute atomic E-state index is 12.2. The van der Waals surface area contributed by atoms with E-state index >= 15 is 0 Å². The van der Waals surface area contributed by atoms with Gasteiger partial charge in [-0.1, -0.05) is 0 Å². The van der Waals surface area contributed by atoms with E-state index in [1.807, 2.05) is 0 Å². The van der Waals surface area contributed by atoms with Gasteiger partial charge in [0.2, 0.25) is 0 Å². The maximum Gasteiger partial charge on any atom is 0.257 e. The van der Waals surface area contributed by atoms with Gasteiger partial charge < -0.3 is 15.7 Å². The van der Waals surface area contributed by atoms with Crippen molar-refractivity contribution in [3.8, 4) is 0 Å². The Kier molecular flexibility index (Phi) is 3.09. The van der Waals surface area contributed by atoms with E-state index in [9.17, 15) is 9.90 Å². The molecule has 1 amide bonds. The molecule has 17 heavy (non-hydrogen) atoms. The molecule has 0 aliphatic carbocycles. The lowest BCUT2D eigenvalue weighted by molar-refractivity contribution is 0.0572. The minimum Gasteiger partial charge on any atom is -0.388 e.